The van der Waals surface area contributed by atoms with Crippen molar-refractivity contribution in [3.63, 3.8) is 0 Å². The number of hydrogen-bond donors (Lipinski definition) is 0. The monoisotopic (exact) mass is 130 g/mol. The number of aldehydes is 1. The highest BCUT2D eigenvalue weighted by molar-refractivity contribution is 5.53. The smallest absolute Gasteiger partial charge is 0.123 e. The Morgan fingerprint density at radius 3 is 2.67 bits per heavy atom. The van der Waals surface area contributed by atoms with Crippen molar-refractivity contribution in [2.75, 3.05) is 0 Å². The summed E-state index contributed by atoms with van der Waals surface area (Å²) in [6.45, 7) is 0. The number of halogens is 1. The first-order valence-corrected chi connectivity index (χ1v) is 3.42. The molecule has 1 aliphatic rings. The standard InChI is InChI=1S/C7H11FO/c8-7-3-1-2-6(4-7)5-9/h5-7H,1-4H2. The minimum Gasteiger partial charge on any atom is -0.303 e. The normalized spacial score (nSPS) is 36.1. The molecule has 2 heteroatoms. The van der Waals surface area contributed by atoms with Crippen molar-refractivity contribution in [1.82, 2.24) is 0 Å². The summed E-state index contributed by atoms with van der Waals surface area (Å²) in [6.07, 6.45) is 3.06. The number of alkyl halides is 1. The predicted octanol–water partition coefficient (Wildman–Crippen LogP) is 1.71. The highest BCUT2D eigenvalue weighted by atomic mass is 19.1. The van der Waals surface area contributed by atoms with E-state index >= 15 is 0 Å². The van der Waals surface area contributed by atoms with Crippen molar-refractivity contribution in [2.24, 2.45) is 5.92 Å². The molecule has 1 fully saturated rings. The summed E-state index contributed by atoms with van der Waals surface area (Å²) < 4.78 is 12.5. The zero-order valence-electron chi connectivity index (χ0n) is 5.35. The number of carbonyl (C=O) groups is 1. The molecule has 1 nitrogen and oxygen atoms in total. The molecule has 0 N–H and O–H groups in total. The van der Waals surface area contributed by atoms with Crippen LogP contribution in [0.25, 0.3) is 0 Å². The van der Waals surface area contributed by atoms with Gasteiger partial charge in [-0.25, -0.2) is 4.39 Å². The molecule has 0 aromatic carbocycles. The molecule has 0 radical (unpaired) electrons. The zero-order valence-corrected chi connectivity index (χ0v) is 5.35. The van der Waals surface area contributed by atoms with Crippen molar-refractivity contribution in [2.45, 2.75) is 31.9 Å². The van der Waals surface area contributed by atoms with Crippen LogP contribution in [0.1, 0.15) is 25.7 Å². The van der Waals surface area contributed by atoms with Gasteiger partial charge in [-0.05, 0) is 25.7 Å². The molecule has 1 aliphatic carbocycles. The average Bonchev–Trinajstić information content (AvgIpc) is 1.88. The van der Waals surface area contributed by atoms with E-state index in [2.05, 4.69) is 0 Å². The summed E-state index contributed by atoms with van der Waals surface area (Å²) in [6, 6.07) is 0. The minimum absolute atomic E-state index is 0.00810. The third-order valence-electron chi connectivity index (χ3n) is 1.84. The first-order chi connectivity index (χ1) is 4.33. The van der Waals surface area contributed by atoms with E-state index in [-0.39, 0.29) is 5.92 Å². The van der Waals surface area contributed by atoms with Crippen LogP contribution in [-0.4, -0.2) is 12.5 Å². The third kappa shape index (κ3) is 1.77. The van der Waals surface area contributed by atoms with Crippen molar-refractivity contribution in [3.8, 4) is 0 Å². The van der Waals surface area contributed by atoms with E-state index in [1.807, 2.05) is 0 Å². The Kier molecular flexibility index (Phi) is 2.20. The van der Waals surface area contributed by atoms with Gasteiger partial charge in [-0.1, -0.05) is 0 Å². The largest absolute Gasteiger partial charge is 0.303 e. The maximum absolute atomic E-state index is 12.5. The second-order valence-electron chi connectivity index (χ2n) is 2.66. The van der Waals surface area contributed by atoms with Crippen molar-refractivity contribution in [3.05, 3.63) is 0 Å². The Balaban J connectivity index is 2.31. The second kappa shape index (κ2) is 2.95. The maximum atomic E-state index is 12.5. The predicted molar refractivity (Wildman–Crippen MR) is 32.9 cm³/mol. The molecule has 9 heavy (non-hydrogen) atoms. The van der Waals surface area contributed by atoms with Crippen LogP contribution in [0.15, 0.2) is 0 Å². The van der Waals surface area contributed by atoms with Gasteiger partial charge in [0.2, 0.25) is 0 Å². The maximum Gasteiger partial charge on any atom is 0.123 e. The topological polar surface area (TPSA) is 17.1 Å². The van der Waals surface area contributed by atoms with Crippen LogP contribution in [0.5, 0.6) is 0 Å². The molecule has 0 amide bonds. The Morgan fingerprint density at radius 1 is 1.44 bits per heavy atom. The molecule has 0 heterocycles. The fourth-order valence-corrected chi connectivity index (χ4v) is 1.29. The molecule has 0 saturated heterocycles. The van der Waals surface area contributed by atoms with Crippen LogP contribution in [0.3, 0.4) is 0 Å². The van der Waals surface area contributed by atoms with Gasteiger partial charge in [0.1, 0.15) is 12.5 Å². The van der Waals surface area contributed by atoms with E-state index in [1.54, 1.807) is 0 Å². The van der Waals surface area contributed by atoms with E-state index in [0.717, 1.165) is 19.1 Å². The SMILES string of the molecule is O=CC1CCCC(F)C1. The fourth-order valence-electron chi connectivity index (χ4n) is 1.29. The van der Waals surface area contributed by atoms with Crippen LogP contribution in [0.2, 0.25) is 0 Å². The minimum atomic E-state index is -0.714. The van der Waals surface area contributed by atoms with E-state index in [0.29, 0.717) is 12.8 Å². The lowest BCUT2D eigenvalue weighted by Crippen LogP contribution is -2.16. The van der Waals surface area contributed by atoms with Gasteiger partial charge >= 0.3 is 0 Å². The quantitative estimate of drug-likeness (QED) is 0.494. The van der Waals surface area contributed by atoms with Crippen molar-refractivity contribution < 1.29 is 9.18 Å². The summed E-state index contributed by atoms with van der Waals surface area (Å²) in [7, 11) is 0. The van der Waals surface area contributed by atoms with Gasteiger partial charge in [0.15, 0.2) is 0 Å². The van der Waals surface area contributed by atoms with Crippen LogP contribution in [0, 0.1) is 5.92 Å². The number of carbonyl (C=O) groups excluding carboxylic acids is 1. The molecule has 2 unspecified atom stereocenters. The molecule has 0 spiro atoms. The van der Waals surface area contributed by atoms with Crippen LogP contribution in [0.4, 0.5) is 4.39 Å². The molecular weight excluding hydrogens is 119 g/mol. The summed E-state index contributed by atoms with van der Waals surface area (Å²) in [5.74, 6) is 0.00810. The first-order valence-electron chi connectivity index (χ1n) is 3.42. The molecular formula is C7H11FO. The van der Waals surface area contributed by atoms with E-state index < -0.39 is 6.17 Å². The molecule has 0 aromatic rings. The highest BCUT2D eigenvalue weighted by Crippen LogP contribution is 2.24. The third-order valence-corrected chi connectivity index (χ3v) is 1.84. The van der Waals surface area contributed by atoms with Gasteiger partial charge in [0, 0.05) is 5.92 Å². The lowest BCUT2D eigenvalue weighted by atomic mass is 9.89. The number of rotatable bonds is 1. The zero-order chi connectivity index (χ0) is 6.69. The molecule has 0 aromatic heterocycles. The van der Waals surface area contributed by atoms with Crippen LogP contribution < -0.4 is 0 Å². The summed E-state index contributed by atoms with van der Waals surface area (Å²) in [5.41, 5.74) is 0. The molecule has 2 atom stereocenters. The molecule has 1 saturated carbocycles. The Bertz CT molecular complexity index is 103. The highest BCUT2D eigenvalue weighted by Gasteiger charge is 2.20. The van der Waals surface area contributed by atoms with Gasteiger partial charge < -0.3 is 4.79 Å². The fraction of sp³-hybridized carbons (Fsp3) is 0.857. The molecule has 0 bridgehead atoms. The van der Waals surface area contributed by atoms with Gasteiger partial charge in [0.05, 0.1) is 0 Å². The summed E-state index contributed by atoms with van der Waals surface area (Å²) in [5, 5.41) is 0. The van der Waals surface area contributed by atoms with Gasteiger partial charge in [0.25, 0.3) is 0 Å². The first kappa shape index (κ1) is 6.72. The second-order valence-corrected chi connectivity index (χ2v) is 2.66. The van der Waals surface area contributed by atoms with Crippen LogP contribution in [-0.2, 0) is 4.79 Å². The molecule has 52 valence electrons. The lowest BCUT2D eigenvalue weighted by Gasteiger charge is -2.18. The molecule has 1 rings (SSSR count). The van der Waals surface area contributed by atoms with E-state index in [4.69, 9.17) is 0 Å². The average molecular weight is 130 g/mol. The van der Waals surface area contributed by atoms with Gasteiger partial charge in [-0.3, -0.25) is 0 Å². The summed E-state index contributed by atoms with van der Waals surface area (Å²) >= 11 is 0. The van der Waals surface area contributed by atoms with Crippen molar-refractivity contribution in [1.29, 1.82) is 0 Å². The molecule has 0 aliphatic heterocycles. The van der Waals surface area contributed by atoms with E-state index in [9.17, 15) is 9.18 Å². The lowest BCUT2D eigenvalue weighted by molar-refractivity contribution is -0.112. The number of hydrogen-bond acceptors (Lipinski definition) is 1. The van der Waals surface area contributed by atoms with E-state index in [1.165, 1.54) is 0 Å². The Hall–Kier alpha value is -0.400. The van der Waals surface area contributed by atoms with Gasteiger partial charge in [-0.15, -0.1) is 0 Å². The Morgan fingerprint density at radius 2 is 2.22 bits per heavy atom. The Labute approximate surface area is 54.3 Å². The summed E-state index contributed by atoms with van der Waals surface area (Å²) in [4.78, 5) is 10.1. The van der Waals surface area contributed by atoms with Crippen LogP contribution >= 0.6 is 0 Å². The van der Waals surface area contributed by atoms with Crippen molar-refractivity contribution >= 4 is 6.29 Å². The van der Waals surface area contributed by atoms with Gasteiger partial charge in [-0.2, -0.15) is 0 Å².